The Morgan fingerprint density at radius 3 is 2.31 bits per heavy atom. The summed E-state index contributed by atoms with van der Waals surface area (Å²) in [6.45, 7) is 9.68. The molecule has 0 aliphatic heterocycles. The zero-order chi connectivity index (χ0) is 11.0. The van der Waals surface area contributed by atoms with Crippen LogP contribution in [0.5, 0.6) is 0 Å². The molecule has 0 atom stereocenters. The number of rotatable bonds is 1. The van der Waals surface area contributed by atoms with Crippen molar-refractivity contribution in [3.8, 4) is 10.7 Å². The average molecular weight is 403 g/mol. The molecule has 0 saturated heterocycles. The van der Waals surface area contributed by atoms with Crippen molar-refractivity contribution in [3.05, 3.63) is 29.6 Å². The third kappa shape index (κ3) is 2.30. The van der Waals surface area contributed by atoms with Gasteiger partial charge in [-0.3, -0.25) is 0 Å². The zero-order valence-corrected chi connectivity index (χ0v) is 13.1. The molecule has 4 nitrogen and oxygen atoms in total. The van der Waals surface area contributed by atoms with Gasteiger partial charge < -0.3 is 0 Å². The van der Waals surface area contributed by atoms with Crippen molar-refractivity contribution in [1.82, 2.24) is 19.6 Å². The number of nitrogens with zero attached hydrogens (tertiary/aromatic N) is 4. The molecule has 0 saturated carbocycles. The van der Waals surface area contributed by atoms with Gasteiger partial charge in [-0.25, -0.2) is 11.9 Å². The van der Waals surface area contributed by atoms with Crippen LogP contribution in [0.15, 0.2) is 0 Å². The Labute approximate surface area is 113 Å². The minimum atomic E-state index is 0. The van der Waals surface area contributed by atoms with E-state index in [1.54, 1.807) is 0 Å². The number of aromatic nitrogens is 4. The van der Waals surface area contributed by atoms with E-state index in [4.69, 9.17) is 0 Å². The fraction of sp³-hybridized carbons (Fsp3) is 0.300. The molecule has 82 valence electrons. The van der Waals surface area contributed by atoms with Crippen LogP contribution in [0.25, 0.3) is 10.7 Å². The molecule has 0 aromatic carbocycles. The zero-order valence-electron chi connectivity index (χ0n) is 9.31. The summed E-state index contributed by atoms with van der Waals surface area (Å²) in [6, 6.07) is 0. The molecule has 2 aromatic heterocycles. The van der Waals surface area contributed by atoms with E-state index in [1.807, 2.05) is 20.8 Å². The Balaban J connectivity index is 0.00000128. The van der Waals surface area contributed by atoms with Crippen molar-refractivity contribution in [2.75, 3.05) is 0 Å². The molecule has 2 heterocycles. The van der Waals surface area contributed by atoms with E-state index in [9.17, 15) is 0 Å². The number of aryl methyl sites for hydroxylation is 1. The van der Waals surface area contributed by atoms with Gasteiger partial charge in [0.05, 0.1) is 0 Å². The smallest absolute Gasteiger partial charge is 0.218 e. The second-order valence-corrected chi connectivity index (χ2v) is 4.14. The van der Waals surface area contributed by atoms with Gasteiger partial charge in [0, 0.05) is 0 Å². The van der Waals surface area contributed by atoms with Gasteiger partial charge in [-0.2, -0.15) is 20.1 Å². The van der Waals surface area contributed by atoms with E-state index in [0.29, 0.717) is 0 Å². The summed E-state index contributed by atoms with van der Waals surface area (Å²) < 4.78 is 4.13. The van der Waals surface area contributed by atoms with Crippen LogP contribution in [0.1, 0.15) is 22.6 Å². The van der Waals surface area contributed by atoms with Crippen molar-refractivity contribution in [2.45, 2.75) is 20.8 Å². The first kappa shape index (κ1) is 13.3. The van der Waals surface area contributed by atoms with Gasteiger partial charge in [0.1, 0.15) is 11.5 Å². The SMILES string of the molecule is [CH2-]c1nnc(-c2nc(C)ns2)c(C)c1C.[W+2]. The minimum Gasteiger partial charge on any atom is -0.218 e. The summed E-state index contributed by atoms with van der Waals surface area (Å²) in [6.07, 6.45) is 0. The van der Waals surface area contributed by atoms with Crippen LogP contribution in [0.4, 0.5) is 0 Å². The van der Waals surface area contributed by atoms with Gasteiger partial charge in [-0.15, -0.1) is 6.92 Å². The molecule has 16 heavy (non-hydrogen) atoms. The van der Waals surface area contributed by atoms with E-state index in [2.05, 4.69) is 26.5 Å². The molecular formula is C10H11N4SW+. The van der Waals surface area contributed by atoms with Crippen LogP contribution < -0.4 is 0 Å². The Morgan fingerprint density at radius 2 is 1.75 bits per heavy atom. The van der Waals surface area contributed by atoms with Gasteiger partial charge in [0.25, 0.3) is 0 Å². The Bertz CT molecular complexity index is 510. The molecule has 2 rings (SSSR count). The van der Waals surface area contributed by atoms with Crippen molar-refractivity contribution in [2.24, 2.45) is 0 Å². The third-order valence-corrected chi connectivity index (χ3v) is 3.16. The predicted molar refractivity (Wildman–Crippen MR) is 59.6 cm³/mol. The normalized spacial score (nSPS) is 9.94. The maximum absolute atomic E-state index is 4.30. The molecule has 0 amide bonds. The molecule has 0 aliphatic rings. The predicted octanol–water partition coefficient (Wildman–Crippen LogP) is 2.10. The Morgan fingerprint density at radius 1 is 1.06 bits per heavy atom. The molecule has 2 aromatic rings. The fourth-order valence-corrected chi connectivity index (χ4v) is 1.96. The van der Waals surface area contributed by atoms with E-state index in [-0.39, 0.29) is 21.1 Å². The molecule has 0 bridgehead atoms. The number of hydrogen-bond acceptors (Lipinski definition) is 5. The van der Waals surface area contributed by atoms with Crippen molar-refractivity contribution in [1.29, 1.82) is 0 Å². The van der Waals surface area contributed by atoms with Crippen LogP contribution in [0, 0.1) is 27.7 Å². The standard InChI is InChI=1S/C10H11N4S.W/c1-5-6(2)9(13-12-7(5)3)10-11-8(4)14-15-10;/h3H2,1-2,4H3;/q-1;+2. The van der Waals surface area contributed by atoms with Crippen LogP contribution in [-0.4, -0.2) is 19.6 Å². The molecular weight excluding hydrogens is 392 g/mol. The van der Waals surface area contributed by atoms with Crippen LogP contribution in [0.3, 0.4) is 0 Å². The van der Waals surface area contributed by atoms with Crippen molar-refractivity contribution < 1.29 is 21.1 Å². The fourth-order valence-electron chi connectivity index (χ4n) is 1.25. The topological polar surface area (TPSA) is 51.6 Å². The summed E-state index contributed by atoms with van der Waals surface area (Å²) >= 11 is 1.35. The van der Waals surface area contributed by atoms with E-state index in [0.717, 1.165) is 33.3 Å². The molecule has 0 aliphatic carbocycles. The van der Waals surface area contributed by atoms with Crippen molar-refractivity contribution >= 4 is 11.5 Å². The first-order valence-electron chi connectivity index (χ1n) is 4.56. The van der Waals surface area contributed by atoms with Crippen LogP contribution >= 0.6 is 11.5 Å². The van der Waals surface area contributed by atoms with Gasteiger partial charge in [0.15, 0.2) is 5.01 Å². The van der Waals surface area contributed by atoms with E-state index < -0.39 is 0 Å². The molecule has 0 spiro atoms. The van der Waals surface area contributed by atoms with Gasteiger partial charge in [0.2, 0.25) is 0 Å². The summed E-state index contributed by atoms with van der Waals surface area (Å²) in [5.41, 5.74) is 3.67. The second kappa shape index (κ2) is 5.02. The maximum Gasteiger partial charge on any atom is 2.00 e. The third-order valence-electron chi connectivity index (χ3n) is 2.35. The van der Waals surface area contributed by atoms with Gasteiger partial charge in [-0.1, -0.05) is 18.2 Å². The van der Waals surface area contributed by atoms with E-state index >= 15 is 0 Å². The Kier molecular flexibility index (Phi) is 4.16. The summed E-state index contributed by atoms with van der Waals surface area (Å²) in [5.74, 6) is 0.771. The molecule has 0 radical (unpaired) electrons. The second-order valence-electron chi connectivity index (χ2n) is 3.39. The summed E-state index contributed by atoms with van der Waals surface area (Å²) in [7, 11) is 0. The largest absolute Gasteiger partial charge is 2.00 e. The molecule has 0 N–H and O–H groups in total. The first-order chi connectivity index (χ1) is 7.09. The molecule has 0 fully saturated rings. The maximum atomic E-state index is 4.30. The molecule has 6 heteroatoms. The van der Waals surface area contributed by atoms with Gasteiger partial charge in [-0.05, 0) is 18.5 Å². The quantitative estimate of drug-likeness (QED) is 0.685. The monoisotopic (exact) mass is 403 g/mol. The van der Waals surface area contributed by atoms with Crippen LogP contribution in [0.2, 0.25) is 0 Å². The van der Waals surface area contributed by atoms with Crippen molar-refractivity contribution in [3.63, 3.8) is 0 Å². The first-order valence-corrected chi connectivity index (χ1v) is 5.33. The minimum absolute atomic E-state index is 0. The summed E-state index contributed by atoms with van der Waals surface area (Å²) in [5, 5.41) is 8.94. The van der Waals surface area contributed by atoms with Crippen LogP contribution in [-0.2, 0) is 21.1 Å². The summed E-state index contributed by atoms with van der Waals surface area (Å²) in [4.78, 5) is 4.30. The molecule has 0 unspecified atom stereocenters. The Hall–Kier alpha value is -0.802. The van der Waals surface area contributed by atoms with Gasteiger partial charge >= 0.3 is 21.1 Å². The van der Waals surface area contributed by atoms with E-state index in [1.165, 1.54) is 11.5 Å². The average Bonchev–Trinajstić information content (AvgIpc) is 2.61. The number of hydrogen-bond donors (Lipinski definition) is 0.